The fourth-order valence-electron chi connectivity index (χ4n) is 4.21. The van der Waals surface area contributed by atoms with E-state index in [1.165, 1.54) is 0 Å². The molecule has 3 heterocycles. The predicted molar refractivity (Wildman–Crippen MR) is 118 cm³/mol. The van der Waals surface area contributed by atoms with E-state index in [-0.39, 0.29) is 11.9 Å². The molecule has 0 bridgehead atoms. The van der Waals surface area contributed by atoms with Gasteiger partial charge in [-0.15, -0.1) is 0 Å². The van der Waals surface area contributed by atoms with Crippen LogP contribution in [0, 0.1) is 0 Å². The number of benzene rings is 1. The van der Waals surface area contributed by atoms with Crippen molar-refractivity contribution in [1.29, 1.82) is 0 Å². The fraction of sp³-hybridized carbons (Fsp3) is 0.458. The maximum atomic E-state index is 13.7. The molecule has 2 aliphatic heterocycles. The van der Waals surface area contributed by atoms with E-state index in [0.29, 0.717) is 57.3 Å². The number of piperidine rings is 1. The van der Waals surface area contributed by atoms with E-state index in [1.54, 1.807) is 11.8 Å². The maximum Gasteiger partial charge on any atom is 0.328 e. The molecule has 1 atom stereocenters. The van der Waals surface area contributed by atoms with Crippen LogP contribution < -0.4 is 4.90 Å². The molecule has 2 aromatic rings. The van der Waals surface area contributed by atoms with Crippen molar-refractivity contribution in [2.45, 2.75) is 32.2 Å². The van der Waals surface area contributed by atoms with Crippen LogP contribution in [0.5, 0.6) is 0 Å². The van der Waals surface area contributed by atoms with Crippen molar-refractivity contribution in [3.63, 3.8) is 0 Å². The van der Waals surface area contributed by atoms with Crippen LogP contribution in [0.1, 0.15) is 36.5 Å². The number of rotatable bonds is 5. The van der Waals surface area contributed by atoms with Gasteiger partial charge in [-0.1, -0.05) is 30.3 Å². The van der Waals surface area contributed by atoms with E-state index >= 15 is 0 Å². The van der Waals surface area contributed by atoms with Gasteiger partial charge < -0.3 is 19.3 Å². The third kappa shape index (κ3) is 4.71. The molecule has 2 aliphatic rings. The van der Waals surface area contributed by atoms with Gasteiger partial charge in [0, 0.05) is 25.2 Å². The average molecular weight is 424 g/mol. The Balaban J connectivity index is 1.70. The van der Waals surface area contributed by atoms with Crippen LogP contribution in [0.3, 0.4) is 0 Å². The standard InChI is InChI=1S/C24H29N3O4/c1-2-31-24(29)21-10-6-7-13-27(21)23(28)19-11-12-20(18-8-4-3-5-9-18)25-22(19)26-14-16-30-17-15-26/h3-5,8-9,11-12,21H,2,6-7,10,13-17H2,1H3/t21-/m0/s1. The van der Waals surface area contributed by atoms with Gasteiger partial charge in [-0.2, -0.15) is 0 Å². The number of carbonyl (C=O) groups is 2. The summed E-state index contributed by atoms with van der Waals surface area (Å²) in [5, 5.41) is 0. The molecule has 0 N–H and O–H groups in total. The zero-order valence-corrected chi connectivity index (χ0v) is 18.0. The molecule has 0 unspecified atom stereocenters. The SMILES string of the molecule is CCOC(=O)[C@@H]1CCCCN1C(=O)c1ccc(-c2ccccc2)nc1N1CCOCC1. The fourth-order valence-corrected chi connectivity index (χ4v) is 4.21. The molecule has 0 saturated carbocycles. The Morgan fingerprint density at radius 1 is 1.06 bits per heavy atom. The Bertz CT molecular complexity index is 912. The van der Waals surface area contributed by atoms with E-state index in [1.807, 2.05) is 42.5 Å². The number of nitrogens with zero attached hydrogens (tertiary/aromatic N) is 3. The van der Waals surface area contributed by atoms with Crippen LogP contribution in [0.15, 0.2) is 42.5 Å². The summed E-state index contributed by atoms with van der Waals surface area (Å²) in [7, 11) is 0. The molecule has 7 heteroatoms. The van der Waals surface area contributed by atoms with Gasteiger partial charge in [0.25, 0.3) is 5.91 Å². The molecule has 1 aromatic carbocycles. The molecule has 1 aromatic heterocycles. The Morgan fingerprint density at radius 3 is 2.58 bits per heavy atom. The highest BCUT2D eigenvalue weighted by molar-refractivity contribution is 6.01. The van der Waals surface area contributed by atoms with E-state index < -0.39 is 6.04 Å². The summed E-state index contributed by atoms with van der Waals surface area (Å²) in [4.78, 5) is 34.8. The van der Waals surface area contributed by atoms with Crippen molar-refractivity contribution >= 4 is 17.7 Å². The number of esters is 1. The van der Waals surface area contributed by atoms with Gasteiger partial charge in [0.15, 0.2) is 0 Å². The lowest BCUT2D eigenvalue weighted by Gasteiger charge is -2.35. The molecular weight excluding hydrogens is 394 g/mol. The highest BCUT2D eigenvalue weighted by atomic mass is 16.5. The lowest BCUT2D eigenvalue weighted by molar-refractivity contribution is -0.149. The second-order valence-electron chi connectivity index (χ2n) is 7.80. The topological polar surface area (TPSA) is 72.0 Å². The first kappa shape index (κ1) is 21.3. The molecule has 7 nitrogen and oxygen atoms in total. The van der Waals surface area contributed by atoms with E-state index in [2.05, 4.69) is 4.90 Å². The molecule has 31 heavy (non-hydrogen) atoms. The van der Waals surface area contributed by atoms with Gasteiger partial charge in [0.2, 0.25) is 0 Å². The van der Waals surface area contributed by atoms with Crippen LogP contribution in [-0.4, -0.2) is 67.3 Å². The summed E-state index contributed by atoms with van der Waals surface area (Å²) in [6.45, 7) is 5.18. The predicted octanol–water partition coefficient (Wildman–Crippen LogP) is 3.14. The summed E-state index contributed by atoms with van der Waals surface area (Å²) in [5.74, 6) is 0.173. The highest BCUT2D eigenvalue weighted by Gasteiger charge is 2.35. The Morgan fingerprint density at radius 2 is 1.84 bits per heavy atom. The van der Waals surface area contributed by atoms with E-state index in [0.717, 1.165) is 24.1 Å². The van der Waals surface area contributed by atoms with Gasteiger partial charge in [0.05, 0.1) is 31.1 Å². The molecule has 1 amide bonds. The smallest absolute Gasteiger partial charge is 0.328 e. The average Bonchev–Trinajstić information content (AvgIpc) is 2.84. The molecular formula is C24H29N3O4. The first-order chi connectivity index (χ1) is 15.2. The van der Waals surface area contributed by atoms with Crippen molar-refractivity contribution in [2.24, 2.45) is 0 Å². The zero-order chi connectivity index (χ0) is 21.6. The summed E-state index contributed by atoms with van der Waals surface area (Å²) >= 11 is 0. The molecule has 2 saturated heterocycles. The number of amides is 1. The van der Waals surface area contributed by atoms with Crippen LogP contribution in [0.2, 0.25) is 0 Å². The quantitative estimate of drug-likeness (QED) is 0.688. The normalized spacial score (nSPS) is 19.2. The van der Waals surface area contributed by atoms with Gasteiger partial charge >= 0.3 is 5.97 Å². The number of aromatic nitrogens is 1. The first-order valence-corrected chi connectivity index (χ1v) is 11.1. The van der Waals surface area contributed by atoms with Gasteiger partial charge in [0.1, 0.15) is 11.9 Å². The molecule has 0 spiro atoms. The lowest BCUT2D eigenvalue weighted by Crippen LogP contribution is -2.49. The largest absolute Gasteiger partial charge is 0.464 e. The van der Waals surface area contributed by atoms with Gasteiger partial charge in [-0.25, -0.2) is 9.78 Å². The van der Waals surface area contributed by atoms with Crippen LogP contribution in [0.25, 0.3) is 11.3 Å². The van der Waals surface area contributed by atoms with Crippen LogP contribution in [0.4, 0.5) is 5.82 Å². The van der Waals surface area contributed by atoms with E-state index in [9.17, 15) is 9.59 Å². The lowest BCUT2D eigenvalue weighted by atomic mass is 10.0. The number of anilines is 1. The third-order valence-electron chi connectivity index (χ3n) is 5.81. The maximum absolute atomic E-state index is 13.7. The van der Waals surface area contributed by atoms with Crippen LogP contribution >= 0.6 is 0 Å². The number of carbonyl (C=O) groups excluding carboxylic acids is 2. The molecule has 164 valence electrons. The second kappa shape index (κ2) is 9.92. The molecule has 4 rings (SSSR count). The van der Waals surface area contributed by atoms with Crippen molar-refractivity contribution in [2.75, 3.05) is 44.4 Å². The molecule has 2 fully saturated rings. The summed E-state index contributed by atoms with van der Waals surface area (Å²) < 4.78 is 10.7. The van der Waals surface area contributed by atoms with Crippen molar-refractivity contribution in [1.82, 2.24) is 9.88 Å². The Kier molecular flexibility index (Phi) is 6.82. The summed E-state index contributed by atoms with van der Waals surface area (Å²) in [6, 6.07) is 13.1. The number of ether oxygens (including phenoxy) is 2. The first-order valence-electron chi connectivity index (χ1n) is 11.1. The number of morpholine rings is 1. The molecule has 0 aliphatic carbocycles. The summed E-state index contributed by atoms with van der Waals surface area (Å²) in [6.07, 6.45) is 2.42. The molecule has 0 radical (unpaired) electrons. The number of pyridine rings is 1. The third-order valence-corrected chi connectivity index (χ3v) is 5.81. The van der Waals surface area contributed by atoms with Gasteiger partial charge in [-0.05, 0) is 38.3 Å². The number of likely N-dealkylation sites (tertiary alicyclic amines) is 1. The number of hydrogen-bond donors (Lipinski definition) is 0. The van der Waals surface area contributed by atoms with E-state index in [4.69, 9.17) is 14.5 Å². The zero-order valence-electron chi connectivity index (χ0n) is 18.0. The minimum atomic E-state index is -0.535. The minimum Gasteiger partial charge on any atom is -0.464 e. The second-order valence-corrected chi connectivity index (χ2v) is 7.80. The monoisotopic (exact) mass is 423 g/mol. The number of hydrogen-bond acceptors (Lipinski definition) is 6. The van der Waals surface area contributed by atoms with Crippen LogP contribution in [-0.2, 0) is 14.3 Å². The Hall–Kier alpha value is -2.93. The van der Waals surface area contributed by atoms with Crippen molar-refractivity contribution in [3.8, 4) is 11.3 Å². The van der Waals surface area contributed by atoms with Crippen molar-refractivity contribution in [3.05, 3.63) is 48.0 Å². The Labute approximate surface area is 183 Å². The van der Waals surface area contributed by atoms with Gasteiger partial charge in [-0.3, -0.25) is 4.79 Å². The van der Waals surface area contributed by atoms with Crippen molar-refractivity contribution < 1.29 is 19.1 Å². The summed E-state index contributed by atoms with van der Waals surface area (Å²) in [5.41, 5.74) is 2.34. The highest BCUT2D eigenvalue weighted by Crippen LogP contribution is 2.28. The minimum absolute atomic E-state index is 0.161.